The quantitative estimate of drug-likeness (QED) is 0.692. The minimum absolute atomic E-state index is 0.0669. The van der Waals surface area contributed by atoms with Gasteiger partial charge in [-0.15, -0.1) is 0 Å². The molecular formula is C14H26N2O4. The molecule has 0 aromatic carbocycles. The molecule has 6 nitrogen and oxygen atoms in total. The summed E-state index contributed by atoms with van der Waals surface area (Å²) in [5.74, 6) is -1.14. The third-order valence-electron chi connectivity index (χ3n) is 3.65. The fraction of sp³-hybridized carbons (Fsp3) is 0.857. The van der Waals surface area contributed by atoms with E-state index < -0.39 is 17.4 Å². The van der Waals surface area contributed by atoms with E-state index in [0.717, 1.165) is 0 Å². The highest BCUT2D eigenvalue weighted by molar-refractivity contribution is 5.84. The molecule has 4 N–H and O–H groups in total. The van der Waals surface area contributed by atoms with Crippen molar-refractivity contribution in [2.45, 2.75) is 52.6 Å². The SMILES string of the molecule is CC(C)(C)CC(CC(=O)O)NC(=O)C1(C)COCC1N. The molecule has 0 saturated carbocycles. The lowest BCUT2D eigenvalue weighted by Gasteiger charge is -2.31. The Morgan fingerprint density at radius 2 is 2.10 bits per heavy atom. The Morgan fingerprint density at radius 1 is 1.50 bits per heavy atom. The molecule has 0 aliphatic carbocycles. The van der Waals surface area contributed by atoms with Crippen molar-refractivity contribution in [3.8, 4) is 0 Å². The van der Waals surface area contributed by atoms with Gasteiger partial charge in [-0.1, -0.05) is 20.8 Å². The number of carboxylic acids is 1. The van der Waals surface area contributed by atoms with E-state index in [1.54, 1.807) is 6.92 Å². The average molecular weight is 286 g/mol. The molecule has 0 aromatic heterocycles. The van der Waals surface area contributed by atoms with Crippen LogP contribution in [0.5, 0.6) is 0 Å². The summed E-state index contributed by atoms with van der Waals surface area (Å²) in [7, 11) is 0. The van der Waals surface area contributed by atoms with Crippen LogP contribution in [0.2, 0.25) is 0 Å². The molecule has 1 amide bonds. The molecule has 1 rings (SSSR count). The number of nitrogens with two attached hydrogens (primary N) is 1. The van der Waals surface area contributed by atoms with Crippen LogP contribution in [0.1, 0.15) is 40.5 Å². The fourth-order valence-corrected chi connectivity index (χ4v) is 2.40. The maximum atomic E-state index is 12.4. The van der Waals surface area contributed by atoms with Crippen molar-refractivity contribution >= 4 is 11.9 Å². The van der Waals surface area contributed by atoms with Crippen molar-refractivity contribution in [1.29, 1.82) is 0 Å². The molecule has 20 heavy (non-hydrogen) atoms. The van der Waals surface area contributed by atoms with E-state index in [1.807, 2.05) is 20.8 Å². The van der Waals surface area contributed by atoms with Crippen molar-refractivity contribution in [3.63, 3.8) is 0 Å². The van der Waals surface area contributed by atoms with Gasteiger partial charge in [0.2, 0.25) is 5.91 Å². The Balaban J connectivity index is 2.73. The fourth-order valence-electron chi connectivity index (χ4n) is 2.40. The van der Waals surface area contributed by atoms with Gasteiger partial charge >= 0.3 is 5.97 Å². The first kappa shape index (κ1) is 16.9. The molecule has 0 radical (unpaired) electrons. The minimum Gasteiger partial charge on any atom is -0.481 e. The third kappa shape index (κ3) is 4.45. The molecule has 1 saturated heterocycles. The van der Waals surface area contributed by atoms with Crippen LogP contribution in [0, 0.1) is 10.8 Å². The summed E-state index contributed by atoms with van der Waals surface area (Å²) < 4.78 is 5.25. The first-order chi connectivity index (χ1) is 9.04. The van der Waals surface area contributed by atoms with Crippen LogP contribution in [0.25, 0.3) is 0 Å². The van der Waals surface area contributed by atoms with Crippen LogP contribution in [-0.2, 0) is 14.3 Å². The van der Waals surface area contributed by atoms with Gasteiger partial charge in [0.25, 0.3) is 0 Å². The molecule has 1 aliphatic heterocycles. The number of hydrogen-bond donors (Lipinski definition) is 3. The number of carboxylic acid groups (broad SMARTS) is 1. The molecule has 116 valence electrons. The maximum absolute atomic E-state index is 12.4. The highest BCUT2D eigenvalue weighted by Crippen LogP contribution is 2.28. The molecule has 0 spiro atoms. The van der Waals surface area contributed by atoms with E-state index in [4.69, 9.17) is 15.6 Å². The molecule has 3 unspecified atom stereocenters. The number of carbonyl (C=O) groups is 2. The lowest BCUT2D eigenvalue weighted by atomic mass is 9.83. The topological polar surface area (TPSA) is 102 Å². The molecule has 6 heteroatoms. The van der Waals surface area contributed by atoms with E-state index in [1.165, 1.54) is 0 Å². The van der Waals surface area contributed by atoms with E-state index in [-0.39, 0.29) is 30.4 Å². The van der Waals surface area contributed by atoms with Gasteiger partial charge in [0.15, 0.2) is 0 Å². The van der Waals surface area contributed by atoms with Crippen LogP contribution >= 0.6 is 0 Å². The standard InChI is InChI=1S/C14H26N2O4/c1-13(2,3)6-9(5-11(17)18)16-12(19)14(4)8-20-7-10(14)15/h9-10H,5-8,15H2,1-4H3,(H,16,19)(H,17,18). The number of hydrogen-bond acceptors (Lipinski definition) is 4. The van der Waals surface area contributed by atoms with Crippen LogP contribution in [0.3, 0.4) is 0 Å². The van der Waals surface area contributed by atoms with Gasteiger partial charge < -0.3 is 20.9 Å². The molecule has 0 bridgehead atoms. The van der Waals surface area contributed by atoms with Crippen LogP contribution in [0.4, 0.5) is 0 Å². The second-order valence-electron chi connectivity index (χ2n) is 7.07. The van der Waals surface area contributed by atoms with Crippen molar-refractivity contribution in [3.05, 3.63) is 0 Å². The predicted molar refractivity (Wildman–Crippen MR) is 75.2 cm³/mol. The molecule has 0 aromatic rings. The van der Waals surface area contributed by atoms with E-state index >= 15 is 0 Å². The Labute approximate surface area is 120 Å². The van der Waals surface area contributed by atoms with E-state index in [2.05, 4.69) is 5.32 Å². The maximum Gasteiger partial charge on any atom is 0.305 e. The van der Waals surface area contributed by atoms with Gasteiger partial charge in [-0.2, -0.15) is 0 Å². The highest BCUT2D eigenvalue weighted by atomic mass is 16.5. The summed E-state index contributed by atoms with van der Waals surface area (Å²) in [6, 6.07) is -0.757. The van der Waals surface area contributed by atoms with Gasteiger partial charge in [0.05, 0.1) is 25.0 Å². The Hall–Kier alpha value is -1.14. The van der Waals surface area contributed by atoms with Gasteiger partial charge in [0.1, 0.15) is 0 Å². The number of amides is 1. The van der Waals surface area contributed by atoms with Gasteiger partial charge in [-0.05, 0) is 18.8 Å². The largest absolute Gasteiger partial charge is 0.481 e. The van der Waals surface area contributed by atoms with Crippen LogP contribution < -0.4 is 11.1 Å². The lowest BCUT2D eigenvalue weighted by Crippen LogP contribution is -2.53. The van der Waals surface area contributed by atoms with Crippen molar-refractivity contribution in [2.24, 2.45) is 16.6 Å². The first-order valence-corrected chi connectivity index (χ1v) is 6.91. The molecule has 1 aliphatic rings. The minimum atomic E-state index is -0.920. The summed E-state index contributed by atoms with van der Waals surface area (Å²) in [5.41, 5.74) is 5.07. The number of aliphatic carboxylic acids is 1. The Bertz CT molecular complexity index is 378. The first-order valence-electron chi connectivity index (χ1n) is 6.91. The second kappa shape index (κ2) is 6.10. The van der Waals surface area contributed by atoms with E-state index in [0.29, 0.717) is 13.0 Å². The Morgan fingerprint density at radius 3 is 2.50 bits per heavy atom. The van der Waals surface area contributed by atoms with Crippen LogP contribution in [0.15, 0.2) is 0 Å². The average Bonchev–Trinajstić information content (AvgIpc) is 2.56. The summed E-state index contributed by atoms with van der Waals surface area (Å²) in [6.45, 7) is 8.43. The number of rotatable bonds is 5. The molecule has 3 atom stereocenters. The molecular weight excluding hydrogens is 260 g/mol. The van der Waals surface area contributed by atoms with E-state index in [9.17, 15) is 9.59 Å². The molecule has 1 heterocycles. The predicted octanol–water partition coefficient (Wildman–Crippen LogP) is 0.746. The zero-order chi connectivity index (χ0) is 15.6. The summed E-state index contributed by atoms with van der Waals surface area (Å²) in [5, 5.41) is 11.8. The summed E-state index contributed by atoms with van der Waals surface area (Å²) >= 11 is 0. The monoisotopic (exact) mass is 286 g/mol. The van der Waals surface area contributed by atoms with Gasteiger partial charge in [-0.25, -0.2) is 0 Å². The normalized spacial score (nSPS) is 28.1. The second-order valence-corrected chi connectivity index (χ2v) is 7.07. The van der Waals surface area contributed by atoms with Crippen LogP contribution in [-0.4, -0.2) is 42.3 Å². The lowest BCUT2D eigenvalue weighted by molar-refractivity contribution is -0.138. The summed E-state index contributed by atoms with van der Waals surface area (Å²) in [4.78, 5) is 23.3. The zero-order valence-corrected chi connectivity index (χ0v) is 12.7. The van der Waals surface area contributed by atoms with Crippen molar-refractivity contribution in [1.82, 2.24) is 5.32 Å². The third-order valence-corrected chi connectivity index (χ3v) is 3.65. The zero-order valence-electron chi connectivity index (χ0n) is 12.7. The number of carbonyl (C=O) groups excluding carboxylic acids is 1. The van der Waals surface area contributed by atoms with Crippen molar-refractivity contribution < 1.29 is 19.4 Å². The highest BCUT2D eigenvalue weighted by Gasteiger charge is 2.45. The number of nitrogens with one attached hydrogen (secondary N) is 1. The molecule has 1 fully saturated rings. The van der Waals surface area contributed by atoms with Gasteiger partial charge in [0, 0.05) is 12.1 Å². The number of ether oxygens (including phenoxy) is 1. The Kier molecular flexibility index (Phi) is 5.15. The summed E-state index contributed by atoms with van der Waals surface area (Å²) in [6.07, 6.45) is 0.506. The smallest absolute Gasteiger partial charge is 0.305 e. The van der Waals surface area contributed by atoms with Gasteiger partial charge in [-0.3, -0.25) is 9.59 Å². The van der Waals surface area contributed by atoms with Crippen molar-refractivity contribution in [2.75, 3.05) is 13.2 Å².